The summed E-state index contributed by atoms with van der Waals surface area (Å²) < 4.78 is 33.3. The monoisotopic (exact) mass is 539 g/mol. The van der Waals surface area contributed by atoms with Gasteiger partial charge in [0.05, 0.1) is 23.2 Å². The summed E-state index contributed by atoms with van der Waals surface area (Å²) >= 11 is 6.11. The molecule has 0 bridgehead atoms. The van der Waals surface area contributed by atoms with Gasteiger partial charge in [0.1, 0.15) is 18.1 Å². The fourth-order valence-corrected chi connectivity index (χ4v) is 4.52. The number of pyridine rings is 2. The van der Waals surface area contributed by atoms with Crippen molar-refractivity contribution in [2.45, 2.75) is 20.0 Å². The number of ether oxygens (including phenoxy) is 1. The Morgan fingerprint density at radius 2 is 1.86 bits per heavy atom. The second-order valence-corrected chi connectivity index (χ2v) is 10.7. The van der Waals surface area contributed by atoms with Crippen LogP contribution in [0.1, 0.15) is 28.4 Å². The minimum Gasteiger partial charge on any atom is -0.486 e. The van der Waals surface area contributed by atoms with Crippen LogP contribution < -0.4 is 14.8 Å². The van der Waals surface area contributed by atoms with Gasteiger partial charge in [-0.15, -0.1) is 0 Å². The highest BCUT2D eigenvalue weighted by molar-refractivity contribution is 7.92. The third-order valence-corrected chi connectivity index (χ3v) is 6.22. The highest BCUT2D eigenvalue weighted by Crippen LogP contribution is 2.30. The van der Waals surface area contributed by atoms with Gasteiger partial charge in [-0.3, -0.25) is 19.5 Å². The number of anilines is 2. The molecule has 0 radical (unpaired) electrons. The number of sulfonamides is 1. The van der Waals surface area contributed by atoms with Crippen molar-refractivity contribution in [2.24, 2.45) is 7.05 Å². The number of hydrogen-bond acceptors (Lipinski definition) is 6. The van der Waals surface area contributed by atoms with Crippen LogP contribution in [0.5, 0.6) is 5.75 Å². The lowest BCUT2D eigenvalue weighted by molar-refractivity contribution is 0.102. The molecule has 0 saturated carbocycles. The largest absolute Gasteiger partial charge is 0.486 e. The Bertz CT molecular complexity index is 1550. The van der Waals surface area contributed by atoms with Gasteiger partial charge in [-0.2, -0.15) is 0 Å². The molecule has 0 unspecified atom stereocenters. The zero-order chi connectivity index (χ0) is 26.6. The molecule has 0 aliphatic rings. The fourth-order valence-electron chi connectivity index (χ4n) is 3.74. The second-order valence-electron chi connectivity index (χ2n) is 8.48. The Balaban J connectivity index is 1.54. The molecule has 0 aliphatic carbocycles. The van der Waals surface area contributed by atoms with Gasteiger partial charge in [0.25, 0.3) is 5.91 Å². The molecule has 1 amide bonds. The molecular formula is C26H26ClN5O4S. The van der Waals surface area contributed by atoms with Gasteiger partial charge in [0, 0.05) is 48.1 Å². The van der Waals surface area contributed by atoms with E-state index < -0.39 is 15.9 Å². The van der Waals surface area contributed by atoms with Crippen molar-refractivity contribution in [2.75, 3.05) is 16.3 Å². The number of hydrogen-bond donors (Lipinski definition) is 2. The molecule has 2 N–H and O–H groups in total. The van der Waals surface area contributed by atoms with Gasteiger partial charge in [-0.05, 0) is 54.4 Å². The predicted molar refractivity (Wildman–Crippen MR) is 144 cm³/mol. The molecule has 192 valence electrons. The van der Waals surface area contributed by atoms with Crippen LogP contribution in [0.15, 0.2) is 67.3 Å². The second kappa shape index (κ2) is 11.0. The molecule has 0 aliphatic heterocycles. The molecule has 11 heteroatoms. The molecule has 1 aromatic carbocycles. The number of nitrogens with one attached hydrogen (secondary N) is 2. The van der Waals surface area contributed by atoms with Crippen LogP contribution in [0.25, 0.3) is 11.4 Å². The Kier molecular flexibility index (Phi) is 7.80. The van der Waals surface area contributed by atoms with E-state index in [1.165, 1.54) is 18.2 Å². The average molecular weight is 540 g/mol. The molecule has 0 saturated heterocycles. The maximum atomic E-state index is 13.0. The summed E-state index contributed by atoms with van der Waals surface area (Å²) in [6, 6.07) is 11.9. The third-order valence-electron chi connectivity index (χ3n) is 5.39. The molecular weight excluding hydrogens is 514 g/mol. The normalized spacial score (nSPS) is 11.2. The molecule has 4 rings (SSSR count). The van der Waals surface area contributed by atoms with E-state index in [0.29, 0.717) is 35.0 Å². The summed E-state index contributed by atoms with van der Waals surface area (Å²) in [5.41, 5.74) is 4.33. The molecule has 3 heterocycles. The van der Waals surface area contributed by atoms with E-state index in [9.17, 15) is 13.2 Å². The minimum atomic E-state index is -3.50. The van der Waals surface area contributed by atoms with Crippen molar-refractivity contribution < 1.29 is 17.9 Å². The molecule has 0 spiro atoms. The highest BCUT2D eigenvalue weighted by Gasteiger charge is 2.17. The van der Waals surface area contributed by atoms with Crippen molar-refractivity contribution in [1.82, 2.24) is 14.5 Å². The van der Waals surface area contributed by atoms with Crippen molar-refractivity contribution in [3.05, 3.63) is 89.0 Å². The van der Waals surface area contributed by atoms with Crippen molar-refractivity contribution in [3.63, 3.8) is 0 Å². The summed E-state index contributed by atoms with van der Waals surface area (Å²) in [5, 5.41) is 3.03. The smallest absolute Gasteiger partial charge is 0.257 e. The fraction of sp³-hybridized carbons (Fsp3) is 0.192. The lowest BCUT2D eigenvalue weighted by Gasteiger charge is -2.11. The van der Waals surface area contributed by atoms with Gasteiger partial charge >= 0.3 is 0 Å². The lowest BCUT2D eigenvalue weighted by atomic mass is 10.2. The number of aryl methyl sites for hydroxylation is 2. The number of carbonyl (C=O) groups excluding carboxylic acids is 1. The summed E-state index contributed by atoms with van der Waals surface area (Å²) in [6.45, 7) is 2.40. The van der Waals surface area contributed by atoms with E-state index in [0.717, 1.165) is 23.8 Å². The summed E-state index contributed by atoms with van der Waals surface area (Å²) in [6.07, 6.45) is 8.87. The van der Waals surface area contributed by atoms with E-state index in [1.54, 1.807) is 35.3 Å². The van der Waals surface area contributed by atoms with Crippen LogP contribution in [0.4, 0.5) is 11.4 Å². The SMILES string of the molecule is CCc1cncc(COc2cccnc2-c2cc(C(=O)Nc3cc(Cl)cc(NS(C)(=O)=O)c3)cn2C)c1. The maximum absolute atomic E-state index is 13.0. The first-order valence-electron chi connectivity index (χ1n) is 11.4. The van der Waals surface area contributed by atoms with Crippen LogP contribution in [-0.2, 0) is 30.1 Å². The minimum absolute atomic E-state index is 0.244. The number of halogens is 1. The van der Waals surface area contributed by atoms with E-state index >= 15 is 0 Å². The molecule has 4 aromatic rings. The molecule has 37 heavy (non-hydrogen) atoms. The molecule has 0 atom stereocenters. The summed E-state index contributed by atoms with van der Waals surface area (Å²) in [7, 11) is -1.69. The number of amides is 1. The molecule has 9 nitrogen and oxygen atoms in total. The average Bonchev–Trinajstić information content (AvgIpc) is 3.23. The van der Waals surface area contributed by atoms with Crippen LogP contribution >= 0.6 is 11.6 Å². The van der Waals surface area contributed by atoms with E-state index in [2.05, 4.69) is 33.0 Å². The number of carbonyl (C=O) groups is 1. The summed E-state index contributed by atoms with van der Waals surface area (Å²) in [5.74, 6) is 0.180. The molecule has 0 fully saturated rings. The third kappa shape index (κ3) is 6.87. The quantitative estimate of drug-likeness (QED) is 0.312. The van der Waals surface area contributed by atoms with E-state index in [1.807, 2.05) is 19.3 Å². The Hall–Kier alpha value is -3.89. The number of benzene rings is 1. The van der Waals surface area contributed by atoms with Gasteiger partial charge in [0.15, 0.2) is 0 Å². The maximum Gasteiger partial charge on any atom is 0.257 e. The van der Waals surface area contributed by atoms with Crippen LogP contribution in [0.2, 0.25) is 5.02 Å². The van der Waals surface area contributed by atoms with E-state index in [4.69, 9.17) is 16.3 Å². The zero-order valence-corrected chi connectivity index (χ0v) is 22.1. The lowest BCUT2D eigenvalue weighted by Crippen LogP contribution is -2.13. The number of rotatable bonds is 9. The van der Waals surface area contributed by atoms with Crippen molar-refractivity contribution >= 4 is 38.9 Å². The number of aromatic nitrogens is 3. The zero-order valence-electron chi connectivity index (χ0n) is 20.5. The van der Waals surface area contributed by atoms with Gasteiger partial charge in [-0.1, -0.05) is 18.5 Å². The number of nitrogens with zero attached hydrogens (tertiary/aromatic N) is 3. The topological polar surface area (TPSA) is 115 Å². The highest BCUT2D eigenvalue weighted by atomic mass is 35.5. The molecule has 3 aromatic heterocycles. The Labute approximate surface area is 220 Å². The van der Waals surface area contributed by atoms with Gasteiger partial charge < -0.3 is 14.6 Å². The van der Waals surface area contributed by atoms with Crippen LogP contribution in [0.3, 0.4) is 0 Å². The Morgan fingerprint density at radius 3 is 2.62 bits per heavy atom. The predicted octanol–water partition coefficient (Wildman–Crippen LogP) is 4.90. The van der Waals surface area contributed by atoms with Crippen LogP contribution in [0, 0.1) is 0 Å². The van der Waals surface area contributed by atoms with E-state index in [-0.39, 0.29) is 10.7 Å². The Morgan fingerprint density at radius 1 is 1.11 bits per heavy atom. The first-order chi connectivity index (χ1) is 17.6. The van der Waals surface area contributed by atoms with Gasteiger partial charge in [-0.25, -0.2) is 8.42 Å². The van der Waals surface area contributed by atoms with Crippen LogP contribution in [-0.4, -0.2) is 35.1 Å². The van der Waals surface area contributed by atoms with Crippen molar-refractivity contribution in [3.8, 4) is 17.1 Å². The van der Waals surface area contributed by atoms with Gasteiger partial charge in [0.2, 0.25) is 10.0 Å². The first kappa shape index (κ1) is 26.2. The standard InChI is InChI=1S/C26H26ClN5O4S/c1-4-17-8-18(14-28-13-17)16-36-24-6-5-7-29-25(24)23-9-19(15-32(23)2)26(33)30-21-10-20(27)11-22(12-21)31-37(3,34)35/h5-15,31H,4,16H2,1-3H3,(H,30,33). The van der Waals surface area contributed by atoms with Crippen molar-refractivity contribution in [1.29, 1.82) is 0 Å². The first-order valence-corrected chi connectivity index (χ1v) is 13.7. The summed E-state index contributed by atoms with van der Waals surface area (Å²) in [4.78, 5) is 21.8.